The van der Waals surface area contributed by atoms with Gasteiger partial charge in [0.25, 0.3) is 0 Å². The molecule has 2 heterocycles. The number of amides is 1. The molecule has 0 radical (unpaired) electrons. The van der Waals surface area contributed by atoms with Gasteiger partial charge in [0.1, 0.15) is 0 Å². The number of hydrogen-bond acceptors (Lipinski definition) is 5. The van der Waals surface area contributed by atoms with Gasteiger partial charge in [-0.1, -0.05) is 12.1 Å². The molecule has 0 saturated carbocycles. The van der Waals surface area contributed by atoms with E-state index in [9.17, 15) is 9.90 Å². The molecule has 1 saturated heterocycles. The van der Waals surface area contributed by atoms with E-state index in [0.717, 1.165) is 49.7 Å². The van der Waals surface area contributed by atoms with Crippen molar-refractivity contribution >= 4 is 11.6 Å². The fourth-order valence-electron chi connectivity index (χ4n) is 2.98. The quantitative estimate of drug-likeness (QED) is 0.795. The van der Waals surface area contributed by atoms with Crippen LogP contribution < -0.4 is 5.32 Å². The SMILES string of the molecule is O=C(Cc1ccncc1)Nc1ccc(C(O)CCN2CCOCC2)cc1. The lowest BCUT2D eigenvalue weighted by atomic mass is 10.1. The molecule has 6 nitrogen and oxygen atoms in total. The highest BCUT2D eigenvalue weighted by Gasteiger charge is 2.14. The molecular formula is C20H25N3O3. The molecule has 0 bridgehead atoms. The number of benzene rings is 1. The van der Waals surface area contributed by atoms with Crippen LogP contribution in [0, 0.1) is 0 Å². The van der Waals surface area contributed by atoms with Crippen molar-refractivity contribution in [1.82, 2.24) is 9.88 Å². The summed E-state index contributed by atoms with van der Waals surface area (Å²) in [6, 6.07) is 11.1. The normalized spacial score (nSPS) is 16.2. The largest absolute Gasteiger partial charge is 0.388 e. The van der Waals surface area contributed by atoms with Gasteiger partial charge in [-0.2, -0.15) is 0 Å². The van der Waals surface area contributed by atoms with Gasteiger partial charge in [-0.15, -0.1) is 0 Å². The number of anilines is 1. The van der Waals surface area contributed by atoms with Gasteiger partial charge in [0.05, 0.1) is 25.7 Å². The van der Waals surface area contributed by atoms with Crippen LogP contribution in [-0.2, 0) is 16.0 Å². The predicted octanol–water partition coefficient (Wildman–Crippen LogP) is 2.02. The van der Waals surface area contributed by atoms with E-state index >= 15 is 0 Å². The van der Waals surface area contributed by atoms with E-state index in [1.165, 1.54) is 0 Å². The van der Waals surface area contributed by atoms with Crippen LogP contribution in [0.1, 0.15) is 23.7 Å². The number of carbonyl (C=O) groups excluding carboxylic acids is 1. The second-order valence-corrected chi connectivity index (χ2v) is 6.46. The maximum Gasteiger partial charge on any atom is 0.228 e. The first-order valence-corrected chi connectivity index (χ1v) is 8.97. The van der Waals surface area contributed by atoms with E-state index in [1.807, 2.05) is 36.4 Å². The van der Waals surface area contributed by atoms with Gasteiger partial charge in [0, 0.05) is 37.7 Å². The van der Waals surface area contributed by atoms with Gasteiger partial charge in [-0.25, -0.2) is 0 Å². The fourth-order valence-corrected chi connectivity index (χ4v) is 2.98. The minimum absolute atomic E-state index is 0.0724. The van der Waals surface area contributed by atoms with Crippen molar-refractivity contribution in [2.75, 3.05) is 38.2 Å². The first-order chi connectivity index (χ1) is 12.7. The van der Waals surface area contributed by atoms with E-state index in [0.29, 0.717) is 12.8 Å². The number of nitrogens with one attached hydrogen (secondary N) is 1. The van der Waals surface area contributed by atoms with Gasteiger partial charge < -0.3 is 15.2 Å². The number of carbonyl (C=O) groups is 1. The molecule has 1 amide bonds. The van der Waals surface area contributed by atoms with Gasteiger partial charge in [-0.3, -0.25) is 14.7 Å². The second-order valence-electron chi connectivity index (χ2n) is 6.46. The molecule has 3 rings (SSSR count). The first kappa shape index (κ1) is 18.5. The molecule has 2 aromatic rings. The van der Waals surface area contributed by atoms with Crippen LogP contribution in [0.5, 0.6) is 0 Å². The van der Waals surface area contributed by atoms with Crippen LogP contribution in [0.2, 0.25) is 0 Å². The number of morpholine rings is 1. The van der Waals surface area contributed by atoms with E-state index in [-0.39, 0.29) is 5.91 Å². The van der Waals surface area contributed by atoms with E-state index in [4.69, 9.17) is 4.74 Å². The highest BCUT2D eigenvalue weighted by molar-refractivity contribution is 5.92. The molecule has 6 heteroatoms. The molecule has 1 unspecified atom stereocenters. The van der Waals surface area contributed by atoms with Gasteiger partial charge >= 0.3 is 0 Å². The van der Waals surface area contributed by atoms with Crippen molar-refractivity contribution in [3.63, 3.8) is 0 Å². The maximum atomic E-state index is 12.1. The molecule has 0 spiro atoms. The fraction of sp³-hybridized carbons (Fsp3) is 0.400. The van der Waals surface area contributed by atoms with E-state index < -0.39 is 6.10 Å². The summed E-state index contributed by atoms with van der Waals surface area (Å²) in [5.41, 5.74) is 2.52. The number of pyridine rings is 1. The summed E-state index contributed by atoms with van der Waals surface area (Å²) in [5.74, 6) is -0.0724. The molecule has 0 aliphatic carbocycles. The Balaban J connectivity index is 1.47. The van der Waals surface area contributed by atoms with Crippen LogP contribution in [0.15, 0.2) is 48.8 Å². The summed E-state index contributed by atoms with van der Waals surface area (Å²) >= 11 is 0. The number of aliphatic hydroxyl groups excluding tert-OH is 1. The second kappa shape index (κ2) is 9.43. The third-order valence-electron chi connectivity index (χ3n) is 4.52. The van der Waals surface area contributed by atoms with Gasteiger partial charge in [0.15, 0.2) is 0 Å². The van der Waals surface area contributed by atoms with Crippen LogP contribution in [0.25, 0.3) is 0 Å². The molecule has 1 aromatic carbocycles. The predicted molar refractivity (Wildman–Crippen MR) is 99.8 cm³/mol. The Kier molecular flexibility index (Phi) is 6.71. The number of hydrogen-bond donors (Lipinski definition) is 2. The van der Waals surface area contributed by atoms with Crippen LogP contribution in [-0.4, -0.2) is 53.7 Å². The van der Waals surface area contributed by atoms with Crippen LogP contribution in [0.4, 0.5) is 5.69 Å². The minimum Gasteiger partial charge on any atom is -0.388 e. The molecule has 26 heavy (non-hydrogen) atoms. The lowest BCUT2D eigenvalue weighted by Gasteiger charge is -2.27. The highest BCUT2D eigenvalue weighted by Crippen LogP contribution is 2.20. The van der Waals surface area contributed by atoms with Crippen molar-refractivity contribution in [2.24, 2.45) is 0 Å². The zero-order chi connectivity index (χ0) is 18.2. The number of nitrogens with zero attached hydrogens (tertiary/aromatic N) is 2. The molecule has 1 aliphatic heterocycles. The zero-order valence-electron chi connectivity index (χ0n) is 14.8. The molecular weight excluding hydrogens is 330 g/mol. The Morgan fingerprint density at radius 1 is 1.15 bits per heavy atom. The number of rotatable bonds is 7. The van der Waals surface area contributed by atoms with Crippen molar-refractivity contribution < 1.29 is 14.6 Å². The van der Waals surface area contributed by atoms with Crippen molar-refractivity contribution in [2.45, 2.75) is 18.9 Å². The standard InChI is InChI=1S/C20H25N3O3/c24-19(7-10-23-11-13-26-14-12-23)17-1-3-18(4-2-17)22-20(25)15-16-5-8-21-9-6-16/h1-6,8-9,19,24H,7,10-15H2,(H,22,25). The molecule has 1 fully saturated rings. The van der Waals surface area contributed by atoms with Crippen molar-refractivity contribution in [1.29, 1.82) is 0 Å². The summed E-state index contributed by atoms with van der Waals surface area (Å²) in [7, 11) is 0. The first-order valence-electron chi connectivity index (χ1n) is 8.97. The highest BCUT2D eigenvalue weighted by atomic mass is 16.5. The number of aliphatic hydroxyl groups is 1. The zero-order valence-corrected chi connectivity index (χ0v) is 14.8. The Hall–Kier alpha value is -2.28. The van der Waals surface area contributed by atoms with E-state index in [1.54, 1.807) is 12.4 Å². The maximum absolute atomic E-state index is 12.1. The molecule has 138 valence electrons. The summed E-state index contributed by atoms with van der Waals surface area (Å²) in [5, 5.41) is 13.2. The van der Waals surface area contributed by atoms with Crippen molar-refractivity contribution in [3.8, 4) is 0 Å². The summed E-state index contributed by atoms with van der Waals surface area (Å²) < 4.78 is 5.33. The number of ether oxygens (including phenoxy) is 1. The summed E-state index contributed by atoms with van der Waals surface area (Å²) in [6.07, 6.45) is 3.85. The molecule has 1 aliphatic rings. The minimum atomic E-state index is -0.501. The van der Waals surface area contributed by atoms with Crippen LogP contribution in [0.3, 0.4) is 0 Å². The molecule has 2 N–H and O–H groups in total. The average molecular weight is 355 g/mol. The Morgan fingerprint density at radius 3 is 2.54 bits per heavy atom. The smallest absolute Gasteiger partial charge is 0.228 e. The molecule has 1 aromatic heterocycles. The average Bonchev–Trinajstić information content (AvgIpc) is 2.68. The van der Waals surface area contributed by atoms with Crippen molar-refractivity contribution in [3.05, 3.63) is 59.9 Å². The topological polar surface area (TPSA) is 74.7 Å². The monoisotopic (exact) mass is 355 g/mol. The molecule has 1 atom stereocenters. The lowest BCUT2D eigenvalue weighted by molar-refractivity contribution is -0.115. The van der Waals surface area contributed by atoms with Gasteiger partial charge in [-0.05, 0) is 41.8 Å². The third-order valence-corrected chi connectivity index (χ3v) is 4.52. The summed E-state index contributed by atoms with van der Waals surface area (Å²) in [6.45, 7) is 4.24. The summed E-state index contributed by atoms with van der Waals surface area (Å²) in [4.78, 5) is 18.3. The van der Waals surface area contributed by atoms with Gasteiger partial charge in [0.2, 0.25) is 5.91 Å². The number of aromatic nitrogens is 1. The Morgan fingerprint density at radius 2 is 1.85 bits per heavy atom. The third kappa shape index (κ3) is 5.62. The van der Waals surface area contributed by atoms with E-state index in [2.05, 4.69) is 15.2 Å². The van der Waals surface area contributed by atoms with Crippen LogP contribution >= 0.6 is 0 Å². The Labute approximate surface area is 153 Å². The Bertz CT molecular complexity index is 685. The lowest BCUT2D eigenvalue weighted by Crippen LogP contribution is -2.37.